The predicted octanol–water partition coefficient (Wildman–Crippen LogP) is 0.687. The summed E-state index contributed by atoms with van der Waals surface area (Å²) >= 11 is 0.0510. The van der Waals surface area contributed by atoms with Gasteiger partial charge in [-0.1, -0.05) is 18.3 Å². The third kappa shape index (κ3) is 1.69. The van der Waals surface area contributed by atoms with Crippen molar-refractivity contribution in [2.24, 2.45) is 5.14 Å². The van der Waals surface area contributed by atoms with Crippen molar-refractivity contribution in [3.63, 3.8) is 0 Å². The number of aryl methyl sites for hydroxylation is 1. The molecule has 0 aliphatic carbocycles. The van der Waals surface area contributed by atoms with E-state index >= 15 is 0 Å². The van der Waals surface area contributed by atoms with Crippen LogP contribution in [0.25, 0.3) is 0 Å². The fraction of sp³-hybridized carbons (Fsp3) is 0.400. The highest BCUT2D eigenvalue weighted by molar-refractivity contribution is 7.91. The minimum atomic E-state index is -1.35. The topological polar surface area (TPSA) is 62.0 Å². The van der Waals surface area contributed by atoms with E-state index in [9.17, 15) is 4.55 Å². The number of nitrogens with two attached hydrogens (primary N) is 1. The molecule has 0 aliphatic heterocycles. The van der Waals surface area contributed by atoms with E-state index in [4.69, 9.17) is 5.14 Å². The van der Waals surface area contributed by atoms with Crippen molar-refractivity contribution in [2.45, 2.75) is 17.6 Å². The molecule has 1 heterocycles. The second-order valence-corrected chi connectivity index (χ2v) is 4.13. The maximum absolute atomic E-state index is 10.6. The first kappa shape index (κ1) is 8.00. The highest BCUT2D eigenvalue weighted by atomic mass is 32.2. The van der Waals surface area contributed by atoms with Gasteiger partial charge in [-0.3, -0.25) is 0 Å². The molecule has 1 unspecified atom stereocenters. The number of hydrogen-bond acceptors (Lipinski definition) is 4. The maximum Gasteiger partial charge on any atom is 0.247 e. The summed E-state index contributed by atoms with van der Waals surface area (Å²) in [5.74, 6) is 0. The van der Waals surface area contributed by atoms with Gasteiger partial charge in [-0.05, 0) is 6.42 Å². The van der Waals surface area contributed by atoms with Crippen molar-refractivity contribution in [2.75, 3.05) is 0 Å². The molecule has 0 radical (unpaired) electrons. The zero-order valence-corrected chi connectivity index (χ0v) is 7.17. The molecular formula is C5H8N2OS2. The first-order valence-electron chi connectivity index (χ1n) is 2.85. The van der Waals surface area contributed by atoms with Crippen LogP contribution in [0.15, 0.2) is 10.4 Å². The second kappa shape index (κ2) is 3.34. The minimum absolute atomic E-state index is 0.650. The van der Waals surface area contributed by atoms with Crippen LogP contribution >= 0.6 is 11.3 Å². The van der Waals surface area contributed by atoms with E-state index in [0.717, 1.165) is 11.4 Å². The minimum Gasteiger partial charge on any atom is -0.592 e. The molecule has 0 amide bonds. The van der Waals surface area contributed by atoms with E-state index in [0.29, 0.717) is 4.21 Å². The van der Waals surface area contributed by atoms with Crippen molar-refractivity contribution in [1.29, 1.82) is 0 Å². The van der Waals surface area contributed by atoms with Crippen LogP contribution in [0.1, 0.15) is 11.9 Å². The average molecular weight is 176 g/mol. The summed E-state index contributed by atoms with van der Waals surface area (Å²) in [4.78, 5) is 4.00. The Bertz CT molecular complexity index is 211. The SMILES string of the molecule is CCc1ncc([S+](N)[O-])s1. The van der Waals surface area contributed by atoms with Crippen LogP contribution in [-0.4, -0.2) is 9.54 Å². The molecule has 1 rings (SSSR count). The van der Waals surface area contributed by atoms with E-state index in [-0.39, 0.29) is 0 Å². The molecule has 1 aromatic heterocycles. The quantitative estimate of drug-likeness (QED) is 0.674. The molecule has 5 heteroatoms. The molecule has 3 nitrogen and oxygen atoms in total. The molecule has 0 fully saturated rings. The van der Waals surface area contributed by atoms with Gasteiger partial charge in [0.25, 0.3) is 0 Å². The highest BCUT2D eigenvalue weighted by Gasteiger charge is 2.09. The van der Waals surface area contributed by atoms with Gasteiger partial charge < -0.3 is 4.55 Å². The molecule has 0 aromatic carbocycles. The van der Waals surface area contributed by atoms with Gasteiger partial charge >= 0.3 is 0 Å². The predicted molar refractivity (Wildman–Crippen MR) is 42.1 cm³/mol. The largest absolute Gasteiger partial charge is 0.592 e. The Hall–Kier alpha value is -0.100. The van der Waals surface area contributed by atoms with Crippen molar-refractivity contribution < 1.29 is 4.55 Å². The number of nitrogens with zero attached hydrogens (tertiary/aromatic N) is 1. The summed E-state index contributed by atoms with van der Waals surface area (Å²) in [6.07, 6.45) is 2.45. The molecule has 0 saturated heterocycles. The number of thiazole rings is 1. The van der Waals surface area contributed by atoms with Gasteiger partial charge in [0.05, 0.1) is 22.6 Å². The van der Waals surface area contributed by atoms with Crippen molar-refractivity contribution >= 4 is 22.7 Å². The molecule has 1 aromatic rings. The molecule has 56 valence electrons. The first-order chi connectivity index (χ1) is 4.74. The van der Waals surface area contributed by atoms with Gasteiger partial charge in [-0.25, -0.2) is 4.98 Å². The third-order valence-electron chi connectivity index (χ3n) is 1.03. The van der Waals surface area contributed by atoms with Crippen LogP contribution in [0.3, 0.4) is 0 Å². The van der Waals surface area contributed by atoms with Crippen LogP contribution in [0.5, 0.6) is 0 Å². The fourth-order valence-electron chi connectivity index (χ4n) is 0.550. The normalized spacial score (nSPS) is 13.5. The zero-order chi connectivity index (χ0) is 7.56. The second-order valence-electron chi connectivity index (χ2n) is 1.72. The number of rotatable bonds is 2. The van der Waals surface area contributed by atoms with Gasteiger partial charge in [-0.15, -0.1) is 5.14 Å². The first-order valence-corrected chi connectivity index (χ1v) is 4.88. The monoisotopic (exact) mass is 176 g/mol. The third-order valence-corrected chi connectivity index (χ3v) is 3.21. The van der Waals surface area contributed by atoms with E-state index in [1.54, 1.807) is 6.20 Å². The summed E-state index contributed by atoms with van der Waals surface area (Å²) in [5, 5.41) is 6.10. The van der Waals surface area contributed by atoms with E-state index in [2.05, 4.69) is 4.98 Å². The van der Waals surface area contributed by atoms with E-state index in [1.807, 2.05) is 6.92 Å². The molecule has 0 aliphatic rings. The van der Waals surface area contributed by atoms with Gasteiger partial charge in [0.1, 0.15) is 0 Å². The standard InChI is InChI=1S/C5H8N2OS2/c1-2-4-7-3-5(9-4)10(6)8/h3H,2,6H2,1H3. The summed E-state index contributed by atoms with van der Waals surface area (Å²) in [7, 11) is 0. The Labute approximate surface area is 66.6 Å². The van der Waals surface area contributed by atoms with E-state index in [1.165, 1.54) is 11.3 Å². The van der Waals surface area contributed by atoms with Gasteiger partial charge in [0.2, 0.25) is 4.21 Å². The molecule has 10 heavy (non-hydrogen) atoms. The Morgan fingerprint density at radius 3 is 2.90 bits per heavy atom. The smallest absolute Gasteiger partial charge is 0.247 e. The van der Waals surface area contributed by atoms with Gasteiger partial charge in [-0.2, -0.15) is 0 Å². The summed E-state index contributed by atoms with van der Waals surface area (Å²) < 4.78 is 11.3. The molecular weight excluding hydrogens is 168 g/mol. The fourth-order valence-corrected chi connectivity index (χ4v) is 1.91. The van der Waals surface area contributed by atoms with Crippen LogP contribution < -0.4 is 5.14 Å². The summed E-state index contributed by atoms with van der Waals surface area (Å²) in [6, 6.07) is 0. The van der Waals surface area contributed by atoms with Crippen LogP contribution in [0.4, 0.5) is 0 Å². The molecule has 0 spiro atoms. The lowest BCUT2D eigenvalue weighted by Crippen LogP contribution is -2.09. The van der Waals surface area contributed by atoms with Crippen molar-refractivity contribution in [3.05, 3.63) is 11.2 Å². The van der Waals surface area contributed by atoms with Crippen LogP contribution in [0.2, 0.25) is 0 Å². The number of hydrogen-bond donors (Lipinski definition) is 1. The molecule has 2 N–H and O–H groups in total. The molecule has 1 atom stereocenters. The van der Waals surface area contributed by atoms with Gasteiger partial charge in [0.15, 0.2) is 0 Å². The van der Waals surface area contributed by atoms with Crippen molar-refractivity contribution in [1.82, 2.24) is 4.98 Å². The van der Waals surface area contributed by atoms with Crippen LogP contribution in [0, 0.1) is 0 Å². The van der Waals surface area contributed by atoms with Crippen molar-refractivity contribution in [3.8, 4) is 0 Å². The highest BCUT2D eigenvalue weighted by Crippen LogP contribution is 2.16. The zero-order valence-electron chi connectivity index (χ0n) is 5.53. The maximum atomic E-state index is 10.6. The molecule has 0 bridgehead atoms. The Morgan fingerprint density at radius 1 is 1.90 bits per heavy atom. The summed E-state index contributed by atoms with van der Waals surface area (Å²) in [6.45, 7) is 2.00. The Kier molecular flexibility index (Phi) is 2.67. The lowest BCUT2D eigenvalue weighted by atomic mass is 10.5. The molecule has 0 saturated carbocycles. The Morgan fingerprint density at radius 2 is 2.60 bits per heavy atom. The summed E-state index contributed by atoms with van der Waals surface area (Å²) in [5.41, 5.74) is 0. The van der Waals surface area contributed by atoms with E-state index < -0.39 is 11.4 Å². The Balaban J connectivity index is 2.78. The average Bonchev–Trinajstić information content (AvgIpc) is 2.34. The lowest BCUT2D eigenvalue weighted by molar-refractivity contribution is 0.598. The lowest BCUT2D eigenvalue weighted by Gasteiger charge is -1.94. The van der Waals surface area contributed by atoms with Gasteiger partial charge in [0, 0.05) is 0 Å². The van der Waals surface area contributed by atoms with Crippen LogP contribution in [-0.2, 0) is 17.8 Å². The number of aromatic nitrogens is 1.